The van der Waals surface area contributed by atoms with Crippen molar-refractivity contribution in [1.29, 1.82) is 0 Å². The Balaban J connectivity index is 1.27. The van der Waals surface area contributed by atoms with Gasteiger partial charge >= 0.3 is 0 Å². The van der Waals surface area contributed by atoms with Crippen LogP contribution in [-0.4, -0.2) is 42.4 Å². The molecule has 1 saturated heterocycles. The van der Waals surface area contributed by atoms with Crippen molar-refractivity contribution < 1.29 is 22.7 Å². The summed E-state index contributed by atoms with van der Waals surface area (Å²) in [6.07, 6.45) is 1.95. The average molecular weight is 540 g/mol. The summed E-state index contributed by atoms with van der Waals surface area (Å²) in [5.74, 6) is -0.849. The van der Waals surface area contributed by atoms with Gasteiger partial charge in [0.2, 0.25) is 0 Å². The van der Waals surface area contributed by atoms with Gasteiger partial charge in [0.15, 0.2) is 0 Å². The number of halogens is 2. The van der Waals surface area contributed by atoms with Gasteiger partial charge in [-0.25, -0.2) is 12.8 Å². The van der Waals surface area contributed by atoms with Crippen LogP contribution in [0, 0.1) is 5.82 Å². The molecule has 10 heteroatoms. The normalized spacial score (nSPS) is 15.5. The van der Waals surface area contributed by atoms with Gasteiger partial charge in [-0.3, -0.25) is 14.5 Å². The van der Waals surface area contributed by atoms with Crippen molar-refractivity contribution in [2.45, 2.75) is 23.3 Å². The number of benzene rings is 3. The first-order chi connectivity index (χ1) is 17.7. The summed E-state index contributed by atoms with van der Waals surface area (Å²) in [4.78, 5) is 18.9. The summed E-state index contributed by atoms with van der Waals surface area (Å²) in [5.41, 5.74) is 0.0459. The largest absolute Gasteiger partial charge is 0.385 e. The van der Waals surface area contributed by atoms with E-state index in [4.69, 9.17) is 11.6 Å². The third-order valence-electron chi connectivity index (χ3n) is 6.60. The number of pyridine rings is 1. The number of rotatable bonds is 5. The molecule has 0 bridgehead atoms. The fraction of sp³-hybridized carbons (Fsp3) is 0.185. The molecule has 0 radical (unpaired) electrons. The smallest absolute Gasteiger partial charge is 0.264 e. The molecule has 1 fully saturated rings. The number of nitrogens with one attached hydrogen (secondary N) is 1. The summed E-state index contributed by atoms with van der Waals surface area (Å²) in [7, 11) is -3.91. The summed E-state index contributed by atoms with van der Waals surface area (Å²) in [5, 5.41) is 11.7. The Morgan fingerprint density at radius 2 is 1.68 bits per heavy atom. The van der Waals surface area contributed by atoms with Gasteiger partial charge in [-0.2, -0.15) is 0 Å². The summed E-state index contributed by atoms with van der Waals surface area (Å²) in [6.45, 7) is 0.509. The van der Waals surface area contributed by atoms with Crippen LogP contribution in [0.3, 0.4) is 0 Å². The molecule has 5 rings (SSSR count). The van der Waals surface area contributed by atoms with Crippen LogP contribution in [0.25, 0.3) is 10.9 Å². The Bertz CT molecular complexity index is 1580. The number of carbonyl (C=O) groups excluding carboxylic acids is 1. The summed E-state index contributed by atoms with van der Waals surface area (Å²) in [6, 6.07) is 18.9. The van der Waals surface area contributed by atoms with Crippen LogP contribution in [0.5, 0.6) is 0 Å². The Kier molecular flexibility index (Phi) is 6.61. The fourth-order valence-corrected chi connectivity index (χ4v) is 6.12. The number of aliphatic hydroxyl groups is 1. The SMILES string of the molecule is O=C(c1ccc(NS(=O)(=O)c2cccc3cccnc23)cc1)N1CCC(O)(c2cccc(F)c2Cl)CC1. The lowest BCUT2D eigenvalue weighted by molar-refractivity contribution is -0.0212. The number of likely N-dealkylation sites (tertiary alicyclic amines) is 1. The molecular formula is C27H23ClFN3O4S. The van der Waals surface area contributed by atoms with E-state index < -0.39 is 21.4 Å². The fourth-order valence-electron chi connectivity index (χ4n) is 4.58. The number of sulfonamides is 1. The molecule has 1 amide bonds. The molecule has 7 nitrogen and oxygen atoms in total. The molecule has 0 unspecified atom stereocenters. The zero-order chi connectivity index (χ0) is 26.2. The van der Waals surface area contributed by atoms with E-state index in [0.717, 1.165) is 0 Å². The average Bonchev–Trinajstić information content (AvgIpc) is 2.90. The van der Waals surface area contributed by atoms with E-state index in [-0.39, 0.29) is 41.8 Å². The number of piperidine rings is 1. The topological polar surface area (TPSA) is 99.6 Å². The quantitative estimate of drug-likeness (QED) is 0.374. The molecule has 0 aliphatic carbocycles. The Labute approximate surface area is 218 Å². The van der Waals surface area contributed by atoms with Crippen molar-refractivity contribution in [3.05, 3.63) is 101 Å². The minimum atomic E-state index is -3.91. The number of carbonyl (C=O) groups is 1. The minimum Gasteiger partial charge on any atom is -0.385 e. The number of hydrogen-bond donors (Lipinski definition) is 2. The van der Waals surface area contributed by atoms with Crippen LogP contribution in [0.1, 0.15) is 28.8 Å². The molecule has 1 aromatic heterocycles. The van der Waals surface area contributed by atoms with Crippen molar-refractivity contribution >= 4 is 44.1 Å². The Hall–Kier alpha value is -3.53. The second-order valence-electron chi connectivity index (χ2n) is 8.94. The highest BCUT2D eigenvalue weighted by molar-refractivity contribution is 7.93. The predicted molar refractivity (Wildman–Crippen MR) is 139 cm³/mol. The maximum absolute atomic E-state index is 13.9. The first-order valence-corrected chi connectivity index (χ1v) is 13.5. The van der Waals surface area contributed by atoms with Gasteiger partial charge in [-0.15, -0.1) is 0 Å². The van der Waals surface area contributed by atoms with Crippen LogP contribution in [0.2, 0.25) is 5.02 Å². The lowest BCUT2D eigenvalue weighted by Gasteiger charge is -2.39. The highest BCUT2D eigenvalue weighted by atomic mass is 35.5. The molecule has 2 heterocycles. The van der Waals surface area contributed by atoms with E-state index in [9.17, 15) is 22.7 Å². The molecular weight excluding hydrogens is 517 g/mol. The lowest BCUT2D eigenvalue weighted by Crippen LogP contribution is -2.45. The van der Waals surface area contributed by atoms with E-state index in [0.29, 0.717) is 27.7 Å². The van der Waals surface area contributed by atoms with Crippen molar-refractivity contribution in [2.75, 3.05) is 17.8 Å². The standard InChI is InChI=1S/C27H23ClFN3O4S/c28-24-21(6-2-7-22(24)29)27(34)13-16-32(17-14-27)26(33)19-9-11-20(12-10-19)31-37(35,36)23-8-1-4-18-5-3-15-30-25(18)23/h1-12,15,31,34H,13-14,16-17H2. The number of para-hydroxylation sites is 1. The van der Waals surface area contributed by atoms with E-state index in [1.54, 1.807) is 47.4 Å². The maximum atomic E-state index is 13.9. The van der Waals surface area contributed by atoms with Crippen LogP contribution >= 0.6 is 11.6 Å². The number of aromatic nitrogens is 1. The van der Waals surface area contributed by atoms with E-state index in [1.165, 1.54) is 36.5 Å². The number of anilines is 1. The molecule has 0 saturated carbocycles. The zero-order valence-electron chi connectivity index (χ0n) is 19.6. The highest BCUT2D eigenvalue weighted by Crippen LogP contribution is 2.38. The molecule has 2 N–H and O–H groups in total. The van der Waals surface area contributed by atoms with Gasteiger partial charge in [0.25, 0.3) is 15.9 Å². The summed E-state index contributed by atoms with van der Waals surface area (Å²) < 4.78 is 42.5. The number of nitrogens with zero attached hydrogens (tertiary/aromatic N) is 2. The third kappa shape index (κ3) is 4.90. The highest BCUT2D eigenvalue weighted by Gasteiger charge is 2.37. The first-order valence-electron chi connectivity index (χ1n) is 11.6. The van der Waals surface area contributed by atoms with E-state index in [2.05, 4.69) is 9.71 Å². The lowest BCUT2D eigenvalue weighted by atomic mass is 9.84. The molecule has 4 aromatic rings. The minimum absolute atomic E-state index is 0.0601. The van der Waals surface area contributed by atoms with Gasteiger partial charge in [0.1, 0.15) is 10.7 Å². The van der Waals surface area contributed by atoms with E-state index in [1.807, 2.05) is 0 Å². The molecule has 1 aliphatic heterocycles. The van der Waals surface area contributed by atoms with Crippen molar-refractivity contribution in [3.63, 3.8) is 0 Å². The van der Waals surface area contributed by atoms with Crippen LogP contribution in [0.15, 0.2) is 83.9 Å². The Morgan fingerprint density at radius 3 is 2.41 bits per heavy atom. The second kappa shape index (κ2) is 9.74. The van der Waals surface area contributed by atoms with Gasteiger partial charge in [-0.05, 0) is 55.3 Å². The number of amides is 1. The maximum Gasteiger partial charge on any atom is 0.264 e. The molecule has 0 spiro atoms. The van der Waals surface area contributed by atoms with Gasteiger partial charge in [0, 0.05) is 41.5 Å². The number of hydrogen-bond acceptors (Lipinski definition) is 5. The molecule has 190 valence electrons. The zero-order valence-corrected chi connectivity index (χ0v) is 21.1. The van der Waals surface area contributed by atoms with Crippen molar-refractivity contribution in [1.82, 2.24) is 9.88 Å². The Morgan fingerprint density at radius 1 is 1.00 bits per heavy atom. The van der Waals surface area contributed by atoms with Crippen LogP contribution in [0.4, 0.5) is 10.1 Å². The first kappa shape index (κ1) is 25.1. The van der Waals surface area contributed by atoms with Gasteiger partial charge in [-0.1, -0.05) is 41.9 Å². The monoisotopic (exact) mass is 539 g/mol. The third-order valence-corrected chi connectivity index (χ3v) is 8.40. The predicted octanol–water partition coefficient (Wildman–Crippen LogP) is 4.95. The molecule has 1 aliphatic rings. The van der Waals surface area contributed by atoms with Crippen molar-refractivity contribution in [2.24, 2.45) is 0 Å². The van der Waals surface area contributed by atoms with Gasteiger partial charge < -0.3 is 10.0 Å². The van der Waals surface area contributed by atoms with Crippen molar-refractivity contribution in [3.8, 4) is 0 Å². The van der Waals surface area contributed by atoms with E-state index >= 15 is 0 Å². The number of fused-ring (bicyclic) bond motifs is 1. The second-order valence-corrected chi connectivity index (χ2v) is 11.0. The van der Waals surface area contributed by atoms with Crippen LogP contribution in [-0.2, 0) is 15.6 Å². The molecule has 0 atom stereocenters. The van der Waals surface area contributed by atoms with Gasteiger partial charge in [0.05, 0.1) is 16.1 Å². The van der Waals surface area contributed by atoms with Crippen LogP contribution < -0.4 is 4.72 Å². The molecule has 3 aromatic carbocycles. The summed E-state index contributed by atoms with van der Waals surface area (Å²) >= 11 is 6.07. The molecule has 37 heavy (non-hydrogen) atoms.